The molecular formula is C15H20N2S. The van der Waals surface area contributed by atoms with E-state index >= 15 is 0 Å². The highest BCUT2D eigenvalue weighted by molar-refractivity contribution is 7.99. The summed E-state index contributed by atoms with van der Waals surface area (Å²) in [7, 11) is 0. The first-order valence-corrected chi connectivity index (χ1v) is 7.78. The number of aromatic nitrogens is 1. The van der Waals surface area contributed by atoms with Crippen molar-refractivity contribution in [3.63, 3.8) is 0 Å². The second-order valence-electron chi connectivity index (χ2n) is 5.10. The van der Waals surface area contributed by atoms with Crippen molar-refractivity contribution in [2.45, 2.75) is 20.4 Å². The van der Waals surface area contributed by atoms with Gasteiger partial charge in [0.15, 0.2) is 0 Å². The standard InChI is InChI=1S/C15H20N2S/c1-11-12(2)16-15-13(4-3-5-14(11)15)10-17-6-8-18-9-7-17/h3-5,16H,6-10H2,1-2H3. The van der Waals surface area contributed by atoms with Crippen molar-refractivity contribution in [1.29, 1.82) is 0 Å². The summed E-state index contributed by atoms with van der Waals surface area (Å²) in [4.78, 5) is 6.12. The maximum Gasteiger partial charge on any atom is 0.0504 e. The molecule has 0 unspecified atom stereocenters. The first kappa shape index (κ1) is 12.1. The van der Waals surface area contributed by atoms with Gasteiger partial charge in [-0.1, -0.05) is 18.2 Å². The fourth-order valence-electron chi connectivity index (χ4n) is 2.68. The van der Waals surface area contributed by atoms with Gasteiger partial charge in [-0.25, -0.2) is 0 Å². The van der Waals surface area contributed by atoms with Gasteiger partial charge in [-0.3, -0.25) is 4.90 Å². The van der Waals surface area contributed by atoms with Gasteiger partial charge in [0.1, 0.15) is 0 Å². The minimum Gasteiger partial charge on any atom is -0.358 e. The van der Waals surface area contributed by atoms with Gasteiger partial charge in [0, 0.05) is 42.2 Å². The molecule has 2 heterocycles. The molecule has 1 aliphatic heterocycles. The number of hydrogen-bond donors (Lipinski definition) is 1. The van der Waals surface area contributed by atoms with E-state index < -0.39 is 0 Å². The number of aryl methyl sites for hydroxylation is 2. The van der Waals surface area contributed by atoms with Crippen LogP contribution in [0.5, 0.6) is 0 Å². The molecule has 1 N–H and O–H groups in total. The summed E-state index contributed by atoms with van der Waals surface area (Å²) in [5.41, 5.74) is 5.47. The number of para-hydroxylation sites is 1. The smallest absolute Gasteiger partial charge is 0.0504 e. The first-order valence-electron chi connectivity index (χ1n) is 6.62. The normalized spacial score (nSPS) is 17.4. The van der Waals surface area contributed by atoms with E-state index in [0.717, 1.165) is 6.54 Å². The number of hydrogen-bond acceptors (Lipinski definition) is 2. The minimum absolute atomic E-state index is 1.08. The lowest BCUT2D eigenvalue weighted by molar-refractivity contribution is 0.295. The number of thioether (sulfide) groups is 1. The number of fused-ring (bicyclic) bond motifs is 1. The van der Waals surface area contributed by atoms with Gasteiger partial charge in [0.2, 0.25) is 0 Å². The fraction of sp³-hybridized carbons (Fsp3) is 0.467. The van der Waals surface area contributed by atoms with Crippen molar-refractivity contribution in [2.75, 3.05) is 24.6 Å². The van der Waals surface area contributed by atoms with E-state index in [0.29, 0.717) is 0 Å². The van der Waals surface area contributed by atoms with Gasteiger partial charge < -0.3 is 4.98 Å². The number of rotatable bonds is 2. The van der Waals surface area contributed by atoms with E-state index in [-0.39, 0.29) is 0 Å². The topological polar surface area (TPSA) is 19.0 Å². The Kier molecular flexibility index (Phi) is 3.35. The molecule has 1 aromatic heterocycles. The highest BCUT2D eigenvalue weighted by Crippen LogP contribution is 2.25. The Bertz CT molecular complexity index is 553. The molecule has 0 saturated carbocycles. The molecule has 0 spiro atoms. The van der Waals surface area contributed by atoms with E-state index in [1.165, 1.54) is 52.3 Å². The van der Waals surface area contributed by atoms with Crippen LogP contribution in [0.1, 0.15) is 16.8 Å². The molecule has 2 aromatic rings. The molecule has 1 aliphatic rings. The summed E-state index contributed by atoms with van der Waals surface area (Å²) in [6.45, 7) is 7.89. The second-order valence-corrected chi connectivity index (χ2v) is 6.33. The lowest BCUT2D eigenvalue weighted by Gasteiger charge is -2.26. The molecule has 1 fully saturated rings. The summed E-state index contributed by atoms with van der Waals surface area (Å²) in [6.07, 6.45) is 0. The van der Waals surface area contributed by atoms with Crippen LogP contribution in [-0.4, -0.2) is 34.5 Å². The molecule has 3 rings (SSSR count). The maximum absolute atomic E-state index is 3.55. The molecule has 0 amide bonds. The largest absolute Gasteiger partial charge is 0.358 e. The van der Waals surface area contributed by atoms with Crippen molar-refractivity contribution in [3.8, 4) is 0 Å². The van der Waals surface area contributed by atoms with Gasteiger partial charge in [-0.05, 0) is 25.0 Å². The molecule has 0 bridgehead atoms. The van der Waals surface area contributed by atoms with Crippen molar-refractivity contribution < 1.29 is 0 Å². The lowest BCUT2D eigenvalue weighted by atomic mass is 10.1. The van der Waals surface area contributed by atoms with Crippen molar-refractivity contribution in [1.82, 2.24) is 9.88 Å². The number of nitrogens with one attached hydrogen (secondary N) is 1. The molecule has 1 saturated heterocycles. The Morgan fingerprint density at radius 1 is 1.22 bits per heavy atom. The quantitative estimate of drug-likeness (QED) is 0.893. The maximum atomic E-state index is 3.55. The summed E-state index contributed by atoms with van der Waals surface area (Å²) in [5.74, 6) is 2.55. The average Bonchev–Trinajstić information content (AvgIpc) is 2.69. The molecule has 0 atom stereocenters. The molecular weight excluding hydrogens is 240 g/mol. The Morgan fingerprint density at radius 2 is 2.00 bits per heavy atom. The van der Waals surface area contributed by atoms with Gasteiger partial charge in [-0.15, -0.1) is 0 Å². The molecule has 2 nitrogen and oxygen atoms in total. The molecule has 0 aliphatic carbocycles. The SMILES string of the molecule is Cc1[nH]c2c(CN3CCSCC3)cccc2c1C. The van der Waals surface area contributed by atoms with E-state index in [2.05, 4.69) is 53.7 Å². The predicted molar refractivity (Wildman–Crippen MR) is 80.4 cm³/mol. The van der Waals surface area contributed by atoms with E-state index in [1.807, 2.05) is 0 Å². The summed E-state index contributed by atoms with van der Waals surface area (Å²) >= 11 is 2.07. The molecule has 96 valence electrons. The minimum atomic E-state index is 1.08. The monoisotopic (exact) mass is 260 g/mol. The fourth-order valence-corrected chi connectivity index (χ4v) is 3.65. The van der Waals surface area contributed by atoms with Crippen LogP contribution in [0.3, 0.4) is 0 Å². The first-order chi connectivity index (χ1) is 8.75. The van der Waals surface area contributed by atoms with Crippen LogP contribution in [0.25, 0.3) is 10.9 Å². The Balaban J connectivity index is 1.93. The van der Waals surface area contributed by atoms with Crippen LogP contribution in [0.4, 0.5) is 0 Å². The molecule has 1 aromatic carbocycles. The third-order valence-electron chi connectivity index (χ3n) is 3.93. The van der Waals surface area contributed by atoms with Crippen LogP contribution < -0.4 is 0 Å². The zero-order chi connectivity index (χ0) is 12.5. The van der Waals surface area contributed by atoms with Crippen LogP contribution in [-0.2, 0) is 6.54 Å². The zero-order valence-corrected chi connectivity index (χ0v) is 11.9. The summed E-state index contributed by atoms with van der Waals surface area (Å²) in [6, 6.07) is 6.68. The highest BCUT2D eigenvalue weighted by atomic mass is 32.2. The van der Waals surface area contributed by atoms with Gasteiger partial charge >= 0.3 is 0 Å². The van der Waals surface area contributed by atoms with Gasteiger partial charge in [-0.2, -0.15) is 11.8 Å². The van der Waals surface area contributed by atoms with Crippen molar-refractivity contribution >= 4 is 22.7 Å². The number of aromatic amines is 1. The number of nitrogens with zero attached hydrogens (tertiary/aromatic N) is 1. The Hall–Kier alpha value is -0.930. The zero-order valence-electron chi connectivity index (χ0n) is 11.1. The van der Waals surface area contributed by atoms with Gasteiger partial charge in [0.25, 0.3) is 0 Å². The van der Waals surface area contributed by atoms with Crippen LogP contribution in [0, 0.1) is 13.8 Å². The number of benzene rings is 1. The van der Waals surface area contributed by atoms with E-state index in [1.54, 1.807) is 0 Å². The van der Waals surface area contributed by atoms with Crippen molar-refractivity contribution in [3.05, 3.63) is 35.0 Å². The Labute approximate surface area is 113 Å². The van der Waals surface area contributed by atoms with E-state index in [9.17, 15) is 0 Å². The third-order valence-corrected chi connectivity index (χ3v) is 4.87. The van der Waals surface area contributed by atoms with Crippen LogP contribution >= 0.6 is 11.8 Å². The lowest BCUT2D eigenvalue weighted by Crippen LogP contribution is -2.32. The van der Waals surface area contributed by atoms with Crippen LogP contribution in [0.2, 0.25) is 0 Å². The van der Waals surface area contributed by atoms with E-state index in [4.69, 9.17) is 0 Å². The van der Waals surface area contributed by atoms with Gasteiger partial charge in [0.05, 0.1) is 5.52 Å². The van der Waals surface area contributed by atoms with Crippen molar-refractivity contribution in [2.24, 2.45) is 0 Å². The Morgan fingerprint density at radius 3 is 2.78 bits per heavy atom. The summed E-state index contributed by atoms with van der Waals surface area (Å²) < 4.78 is 0. The third kappa shape index (κ3) is 2.17. The molecule has 3 heteroatoms. The average molecular weight is 260 g/mol. The second kappa shape index (κ2) is 4.98. The molecule has 0 radical (unpaired) electrons. The highest BCUT2D eigenvalue weighted by Gasteiger charge is 2.13. The number of H-pyrrole nitrogens is 1. The summed E-state index contributed by atoms with van der Waals surface area (Å²) in [5, 5.41) is 1.39. The predicted octanol–water partition coefficient (Wildman–Crippen LogP) is 3.33. The molecule has 18 heavy (non-hydrogen) atoms. The van der Waals surface area contributed by atoms with Crippen LogP contribution in [0.15, 0.2) is 18.2 Å².